The maximum absolute atomic E-state index is 10.6. The van der Waals surface area contributed by atoms with Gasteiger partial charge in [-0.05, 0) is 35.8 Å². The fourth-order valence-electron chi connectivity index (χ4n) is 1.16. The van der Waals surface area contributed by atoms with Gasteiger partial charge in [-0.25, -0.2) is 4.39 Å². The van der Waals surface area contributed by atoms with Crippen molar-refractivity contribution in [1.29, 1.82) is 0 Å². The summed E-state index contributed by atoms with van der Waals surface area (Å²) in [5.74, 6) is 0. The predicted molar refractivity (Wildman–Crippen MR) is 79.4 cm³/mol. The highest BCUT2D eigenvalue weighted by Crippen LogP contribution is 2.17. The molecule has 0 aromatic heterocycles. The Labute approximate surface area is 113 Å². The molecule has 1 aromatic carbocycles. The molecule has 1 rings (SSSR count). The summed E-state index contributed by atoms with van der Waals surface area (Å²) >= 11 is 1.71. The summed E-state index contributed by atoms with van der Waals surface area (Å²) in [4.78, 5) is 0. The molecule has 0 fully saturated rings. The molecule has 0 heterocycles. The number of rotatable bonds is 5. The molecule has 0 aliphatic rings. The molecule has 1 atom stereocenters. The van der Waals surface area contributed by atoms with Gasteiger partial charge >= 0.3 is 0 Å². The lowest BCUT2D eigenvalue weighted by atomic mass is 10.1. The molecule has 0 bridgehead atoms. The molecular formula is C14H22FNOS. The van der Waals surface area contributed by atoms with E-state index >= 15 is 0 Å². The van der Waals surface area contributed by atoms with Crippen molar-refractivity contribution in [1.82, 2.24) is 0 Å². The molecule has 0 amide bonds. The number of benzene rings is 1. The summed E-state index contributed by atoms with van der Waals surface area (Å²) in [5.41, 5.74) is 7.10. The molecule has 2 N–H and O–H groups in total. The molecular weight excluding hydrogens is 249 g/mol. The zero-order chi connectivity index (χ0) is 13.8. The van der Waals surface area contributed by atoms with E-state index in [1.54, 1.807) is 18.9 Å². The smallest absolute Gasteiger partial charge is 0.102 e. The van der Waals surface area contributed by atoms with Gasteiger partial charge in [0.15, 0.2) is 0 Å². The first-order valence-corrected chi connectivity index (χ1v) is 7.06. The van der Waals surface area contributed by atoms with Crippen molar-refractivity contribution < 1.29 is 9.13 Å². The maximum atomic E-state index is 10.6. The quantitative estimate of drug-likeness (QED) is 0.888. The number of halogens is 1. The number of ether oxygens (including phenoxy) is 1. The van der Waals surface area contributed by atoms with Crippen LogP contribution in [-0.4, -0.2) is 26.6 Å². The van der Waals surface area contributed by atoms with Gasteiger partial charge in [-0.1, -0.05) is 24.3 Å². The van der Waals surface area contributed by atoms with Gasteiger partial charge in [0.05, 0.1) is 6.10 Å². The third-order valence-electron chi connectivity index (χ3n) is 2.27. The third-order valence-corrected chi connectivity index (χ3v) is 2.67. The van der Waals surface area contributed by atoms with Crippen LogP contribution >= 0.6 is 11.8 Å². The van der Waals surface area contributed by atoms with Gasteiger partial charge in [0.2, 0.25) is 0 Å². The molecule has 0 aliphatic heterocycles. The van der Waals surface area contributed by atoms with Gasteiger partial charge in [-0.3, -0.25) is 0 Å². The number of hydrogen-bond donors (Lipinski definition) is 1. The summed E-state index contributed by atoms with van der Waals surface area (Å²) in [6.45, 7) is 1.80. The maximum Gasteiger partial charge on any atom is 0.102 e. The number of alkyl halides is 1. The van der Waals surface area contributed by atoms with E-state index < -0.39 is 6.67 Å². The number of methoxy groups -OCH3 is 1. The molecule has 4 heteroatoms. The molecule has 18 heavy (non-hydrogen) atoms. The van der Waals surface area contributed by atoms with Crippen LogP contribution in [0, 0.1) is 0 Å². The lowest BCUT2D eigenvalue weighted by Gasteiger charge is -2.09. The van der Waals surface area contributed by atoms with Crippen LogP contribution < -0.4 is 5.73 Å². The molecule has 0 saturated heterocycles. The second-order valence-electron chi connectivity index (χ2n) is 3.56. The van der Waals surface area contributed by atoms with E-state index in [-0.39, 0.29) is 12.6 Å². The van der Waals surface area contributed by atoms with Crippen LogP contribution in [0.1, 0.15) is 24.2 Å². The van der Waals surface area contributed by atoms with Crippen LogP contribution in [0.25, 0.3) is 6.08 Å². The average molecular weight is 271 g/mol. The van der Waals surface area contributed by atoms with Gasteiger partial charge in [-0.2, -0.15) is 0 Å². The molecule has 1 unspecified atom stereocenters. The van der Waals surface area contributed by atoms with Crippen LogP contribution in [0.15, 0.2) is 29.7 Å². The van der Waals surface area contributed by atoms with E-state index in [0.717, 1.165) is 0 Å². The molecule has 0 spiro atoms. The highest BCUT2D eigenvalue weighted by atomic mass is 32.2. The van der Waals surface area contributed by atoms with Crippen molar-refractivity contribution in [2.45, 2.75) is 13.0 Å². The lowest BCUT2D eigenvalue weighted by Crippen LogP contribution is -1.98. The highest BCUT2D eigenvalue weighted by Gasteiger charge is 2.01. The van der Waals surface area contributed by atoms with E-state index in [0.29, 0.717) is 0 Å². The first kappa shape index (κ1) is 17.2. The second kappa shape index (κ2) is 11.3. The zero-order valence-electron chi connectivity index (χ0n) is 11.2. The topological polar surface area (TPSA) is 35.2 Å². The number of hydrogen-bond acceptors (Lipinski definition) is 3. The molecule has 0 aliphatic carbocycles. The van der Waals surface area contributed by atoms with Crippen molar-refractivity contribution in [3.05, 3.63) is 40.8 Å². The van der Waals surface area contributed by atoms with Crippen LogP contribution in [-0.2, 0) is 4.74 Å². The van der Waals surface area contributed by atoms with Gasteiger partial charge in [0.25, 0.3) is 0 Å². The largest absolute Gasteiger partial charge is 0.377 e. The second-order valence-corrected chi connectivity index (χ2v) is 4.30. The van der Waals surface area contributed by atoms with Crippen LogP contribution in [0.3, 0.4) is 0 Å². The summed E-state index contributed by atoms with van der Waals surface area (Å²) in [6.07, 6.45) is 4.33. The number of thioether (sulfide) groups is 1. The van der Waals surface area contributed by atoms with Crippen molar-refractivity contribution in [2.24, 2.45) is 5.73 Å². The van der Waals surface area contributed by atoms with Crippen LogP contribution in [0.4, 0.5) is 4.39 Å². The van der Waals surface area contributed by atoms with Crippen molar-refractivity contribution >= 4 is 17.8 Å². The standard InChI is InChI=1S/C12H16OS.C2H6FN/c1-10(13-2)12-6-4-11(5-7-12)8-9-14-3;3-1-2-4/h4-10H,1-3H3;1-2,4H2/b9-8+;. The zero-order valence-corrected chi connectivity index (χ0v) is 12.0. The Hall–Kier alpha value is -0.840. The molecule has 0 radical (unpaired) electrons. The Balaban J connectivity index is 0.000000631. The Morgan fingerprint density at radius 1 is 1.39 bits per heavy atom. The molecule has 2 nitrogen and oxygen atoms in total. The fraction of sp³-hybridized carbons (Fsp3) is 0.429. The monoisotopic (exact) mass is 271 g/mol. The van der Waals surface area contributed by atoms with Gasteiger partial charge < -0.3 is 10.5 Å². The minimum absolute atomic E-state index is 0.153. The average Bonchev–Trinajstić information content (AvgIpc) is 2.45. The predicted octanol–water partition coefficient (Wildman–Crippen LogP) is 3.64. The first-order chi connectivity index (χ1) is 8.69. The Bertz CT molecular complexity index is 325. The summed E-state index contributed by atoms with van der Waals surface area (Å²) in [6, 6.07) is 8.43. The molecule has 0 saturated carbocycles. The normalized spacial score (nSPS) is 12.1. The van der Waals surface area contributed by atoms with Crippen LogP contribution in [0.5, 0.6) is 0 Å². The van der Waals surface area contributed by atoms with E-state index in [9.17, 15) is 4.39 Å². The Morgan fingerprint density at radius 2 is 1.94 bits per heavy atom. The summed E-state index contributed by atoms with van der Waals surface area (Å²) in [7, 11) is 1.73. The fourth-order valence-corrected chi connectivity index (χ4v) is 1.45. The summed E-state index contributed by atoms with van der Waals surface area (Å²) in [5, 5.41) is 2.08. The van der Waals surface area contributed by atoms with Gasteiger partial charge in [-0.15, -0.1) is 11.8 Å². The minimum Gasteiger partial charge on any atom is -0.377 e. The van der Waals surface area contributed by atoms with E-state index in [1.165, 1.54) is 11.1 Å². The van der Waals surface area contributed by atoms with Crippen molar-refractivity contribution in [2.75, 3.05) is 26.6 Å². The van der Waals surface area contributed by atoms with Crippen molar-refractivity contribution in [3.63, 3.8) is 0 Å². The highest BCUT2D eigenvalue weighted by molar-refractivity contribution is 8.01. The molecule has 1 aromatic rings. The van der Waals surface area contributed by atoms with E-state index in [2.05, 4.69) is 47.7 Å². The Kier molecular flexibility index (Phi) is 10.7. The lowest BCUT2D eigenvalue weighted by molar-refractivity contribution is 0.119. The van der Waals surface area contributed by atoms with Crippen molar-refractivity contribution in [3.8, 4) is 0 Å². The Morgan fingerprint density at radius 3 is 2.33 bits per heavy atom. The van der Waals surface area contributed by atoms with E-state index in [4.69, 9.17) is 4.74 Å². The molecule has 102 valence electrons. The SMILES string of the molecule is COC(C)c1ccc(/C=C/SC)cc1.NCCF. The van der Waals surface area contributed by atoms with Gasteiger partial charge in [0.1, 0.15) is 6.67 Å². The van der Waals surface area contributed by atoms with Crippen LogP contribution in [0.2, 0.25) is 0 Å². The van der Waals surface area contributed by atoms with Gasteiger partial charge in [0, 0.05) is 13.7 Å². The van der Waals surface area contributed by atoms with E-state index in [1.807, 2.05) is 6.92 Å². The summed E-state index contributed by atoms with van der Waals surface area (Å²) < 4.78 is 15.8. The minimum atomic E-state index is -0.403. The third kappa shape index (κ3) is 7.48. The number of nitrogens with two attached hydrogens (primary N) is 1. The first-order valence-electron chi connectivity index (χ1n) is 5.77.